The van der Waals surface area contributed by atoms with Crippen molar-refractivity contribution in [1.82, 2.24) is 0 Å². The molecule has 0 aliphatic rings. The summed E-state index contributed by atoms with van der Waals surface area (Å²) in [5.74, 6) is -0.949. The predicted molar refractivity (Wildman–Crippen MR) is 368 cm³/mol. The lowest BCUT2D eigenvalue weighted by Gasteiger charge is -2.27. The summed E-state index contributed by atoms with van der Waals surface area (Å²) in [6.07, 6.45) is 61.5. The van der Waals surface area contributed by atoms with Gasteiger partial charge in [-0.1, -0.05) is 326 Å². The molecule has 0 radical (unpaired) electrons. The summed E-state index contributed by atoms with van der Waals surface area (Å²) in [5.41, 5.74) is -0.960. The summed E-state index contributed by atoms with van der Waals surface area (Å²) in [6, 6.07) is 0. The van der Waals surface area contributed by atoms with Gasteiger partial charge >= 0.3 is 23.9 Å². The van der Waals surface area contributed by atoms with Crippen LogP contribution in [0, 0.1) is 0 Å². The van der Waals surface area contributed by atoms with E-state index in [0.717, 1.165) is 62.9 Å². The quantitative estimate of drug-likeness (QED) is 0.0426. The largest absolute Gasteiger partial charge is 0.480 e. The average molecular weight is 1230 g/mol. The maximum absolute atomic E-state index is 11.4. The molecule has 2 atom stereocenters. The Balaban J connectivity index is -0.000000508. The highest BCUT2D eigenvalue weighted by Gasteiger charge is 2.36. The first-order valence-corrected chi connectivity index (χ1v) is 38.2. The molecule has 504 valence electrons. The molecule has 0 saturated carbocycles. The molecule has 12 heteroatoms. The minimum atomic E-state index is -0.960. The number of carboxylic acids is 4. The molecule has 4 N–H and O–H groups in total. The molecule has 0 bridgehead atoms. The fourth-order valence-electron chi connectivity index (χ4n) is 10.4. The van der Waals surface area contributed by atoms with Crippen LogP contribution in [0.5, 0.6) is 0 Å². The Morgan fingerprint density at radius 2 is 0.631 bits per heavy atom. The molecule has 0 aliphatic heterocycles. The molecule has 0 heterocycles. The number of carbonyl (C=O) groups is 4. The van der Waals surface area contributed by atoms with Crippen molar-refractivity contribution >= 4 is 47.4 Å². The third-order valence-corrected chi connectivity index (χ3v) is 20.0. The lowest BCUT2D eigenvalue weighted by atomic mass is 9.97. The minimum Gasteiger partial charge on any atom is -0.480 e. The summed E-state index contributed by atoms with van der Waals surface area (Å²) in [5, 5.41) is 36.2. The summed E-state index contributed by atoms with van der Waals surface area (Å²) in [4.78, 5) is 44.3. The molecule has 0 saturated heterocycles. The van der Waals surface area contributed by atoms with Gasteiger partial charge in [0.05, 0.1) is 0 Å². The molecule has 0 aliphatic carbocycles. The van der Waals surface area contributed by atoms with E-state index < -0.39 is 40.3 Å². The number of carboxylic acid groups (broad SMARTS) is 4. The van der Waals surface area contributed by atoms with Crippen LogP contribution in [0.4, 0.5) is 0 Å². The zero-order chi connectivity index (χ0) is 63.5. The van der Waals surface area contributed by atoms with E-state index in [1.807, 2.05) is 41.5 Å². The number of hydrogen-bond donors (Lipinski definition) is 4. The van der Waals surface area contributed by atoms with Crippen molar-refractivity contribution in [2.24, 2.45) is 0 Å². The van der Waals surface area contributed by atoms with Gasteiger partial charge in [-0.25, -0.2) is 9.59 Å². The van der Waals surface area contributed by atoms with Gasteiger partial charge in [0.25, 0.3) is 0 Å². The van der Waals surface area contributed by atoms with Crippen LogP contribution < -0.4 is 0 Å². The summed E-state index contributed by atoms with van der Waals surface area (Å²) in [6.45, 7) is 21.7. The van der Waals surface area contributed by atoms with E-state index >= 15 is 0 Å². The van der Waals surface area contributed by atoms with Crippen LogP contribution in [-0.2, 0) is 28.7 Å². The average Bonchev–Trinajstić information content (AvgIpc) is 3.69. The second-order valence-corrected chi connectivity index (χ2v) is 26.9. The molecule has 10 nitrogen and oxygen atoms in total. The molecular formula is C72H144O10S2. The van der Waals surface area contributed by atoms with Gasteiger partial charge in [0.2, 0.25) is 0 Å². The minimum absolute atomic E-state index is 0.196. The molecule has 2 unspecified atom stereocenters. The number of hydrogen-bond acceptors (Lipinski definition) is 8. The van der Waals surface area contributed by atoms with Crippen LogP contribution in [0.15, 0.2) is 0 Å². The highest BCUT2D eigenvalue weighted by atomic mass is 32.2. The van der Waals surface area contributed by atoms with Gasteiger partial charge in [0.1, 0.15) is 10.00 Å². The Morgan fingerprint density at radius 1 is 0.333 bits per heavy atom. The van der Waals surface area contributed by atoms with E-state index in [-0.39, 0.29) is 5.25 Å². The smallest absolute Gasteiger partial charge is 0.335 e. The molecular weight excluding hydrogens is 1090 g/mol. The summed E-state index contributed by atoms with van der Waals surface area (Å²) in [7, 11) is 0. The van der Waals surface area contributed by atoms with Crippen molar-refractivity contribution in [2.45, 2.75) is 412 Å². The topological polar surface area (TPSA) is 168 Å². The van der Waals surface area contributed by atoms with Crippen LogP contribution >= 0.6 is 23.5 Å². The molecule has 0 amide bonds. The lowest BCUT2D eigenvalue weighted by molar-refractivity contribution is -0.167. The molecule has 0 spiro atoms. The maximum atomic E-state index is 11.4. The number of thioether (sulfide) groups is 2. The van der Waals surface area contributed by atoms with Gasteiger partial charge in [0, 0.05) is 13.2 Å². The third-order valence-electron chi connectivity index (χ3n) is 16.7. The monoisotopic (exact) mass is 1230 g/mol. The van der Waals surface area contributed by atoms with Gasteiger partial charge in [-0.05, 0) is 75.7 Å². The van der Waals surface area contributed by atoms with Crippen LogP contribution in [0.2, 0.25) is 0 Å². The van der Waals surface area contributed by atoms with E-state index in [2.05, 4.69) is 27.7 Å². The predicted octanol–water partition coefficient (Wildman–Crippen LogP) is 23.7. The van der Waals surface area contributed by atoms with Crippen LogP contribution in [0.3, 0.4) is 0 Å². The first kappa shape index (κ1) is 88.9. The zero-order valence-corrected chi connectivity index (χ0v) is 59.0. The highest BCUT2D eigenvalue weighted by molar-refractivity contribution is 8.01. The molecule has 84 heavy (non-hydrogen) atoms. The van der Waals surface area contributed by atoms with Gasteiger partial charge in [0.15, 0.2) is 11.7 Å². The van der Waals surface area contributed by atoms with Crippen molar-refractivity contribution in [1.29, 1.82) is 0 Å². The molecule has 0 rings (SSSR count). The number of rotatable bonds is 62. The van der Waals surface area contributed by atoms with Crippen molar-refractivity contribution in [3.05, 3.63) is 0 Å². The van der Waals surface area contributed by atoms with Crippen LogP contribution in [0.1, 0.15) is 390 Å². The second-order valence-electron chi connectivity index (χ2n) is 24.1. The lowest BCUT2D eigenvalue weighted by Crippen LogP contribution is -2.40. The van der Waals surface area contributed by atoms with Crippen molar-refractivity contribution < 1.29 is 49.1 Å². The molecule has 0 aromatic heterocycles. The van der Waals surface area contributed by atoms with E-state index in [4.69, 9.17) is 19.7 Å². The first-order chi connectivity index (χ1) is 40.7. The van der Waals surface area contributed by atoms with Gasteiger partial charge in [-0.15, -0.1) is 23.5 Å². The maximum Gasteiger partial charge on any atom is 0.335 e. The third kappa shape index (κ3) is 59.5. The standard InChI is InChI=1S/C19H38O3.C19H38O2S.C17H34O3.C17H34O2S/c2*1-4-7-8-9-10-11-12-13-14-15-16-17-22-19(5-2,6-3)18(20)21;2*1-3-5-6-7-8-9-10-11-12-13-14-15-20-16(4-2)17(18)19/h2*4-17H2,1-3H3,(H,20,21);2*16H,3-15H2,1-2H3,(H,18,19). The van der Waals surface area contributed by atoms with Gasteiger partial charge in [-0.2, -0.15) is 0 Å². The Bertz CT molecular complexity index is 1260. The molecule has 0 aromatic rings. The number of aliphatic carboxylic acids is 4. The second kappa shape index (κ2) is 70.6. The van der Waals surface area contributed by atoms with Crippen molar-refractivity contribution in [3.8, 4) is 0 Å². The van der Waals surface area contributed by atoms with Crippen molar-refractivity contribution in [2.75, 3.05) is 24.7 Å². The SMILES string of the molecule is CCCCCCCCCCCCCOC(CC)(CC)C(=O)O.CCCCCCCCCCCCCOC(CC)C(=O)O.CCCCCCCCCCCCCSC(CC)(CC)C(=O)O.CCCCCCCCCCCCCSC(CC)C(=O)O. The summed E-state index contributed by atoms with van der Waals surface area (Å²) >= 11 is 3.27. The Labute approximate surface area is 530 Å². The van der Waals surface area contributed by atoms with E-state index in [0.29, 0.717) is 32.5 Å². The van der Waals surface area contributed by atoms with Crippen molar-refractivity contribution in [3.63, 3.8) is 0 Å². The van der Waals surface area contributed by atoms with E-state index in [9.17, 15) is 29.4 Å². The fraction of sp³-hybridized carbons (Fsp3) is 0.944. The fourth-order valence-corrected chi connectivity index (χ4v) is 12.7. The van der Waals surface area contributed by atoms with E-state index in [1.54, 1.807) is 23.5 Å². The zero-order valence-electron chi connectivity index (χ0n) is 57.4. The number of ether oxygens (including phenoxy) is 2. The first-order valence-electron chi connectivity index (χ1n) is 36.1. The summed E-state index contributed by atoms with van der Waals surface area (Å²) < 4.78 is 10.5. The van der Waals surface area contributed by atoms with Gasteiger partial charge < -0.3 is 29.9 Å². The Morgan fingerprint density at radius 3 is 0.881 bits per heavy atom. The van der Waals surface area contributed by atoms with Gasteiger partial charge in [-0.3, -0.25) is 9.59 Å². The Kier molecular flexibility index (Phi) is 74.7. The van der Waals surface area contributed by atoms with Crippen LogP contribution in [0.25, 0.3) is 0 Å². The van der Waals surface area contributed by atoms with E-state index in [1.165, 1.54) is 250 Å². The number of unbranched alkanes of at least 4 members (excludes halogenated alkanes) is 40. The molecule has 0 fully saturated rings. The highest BCUT2D eigenvalue weighted by Crippen LogP contribution is 2.34. The Hall–Kier alpha value is -1.50. The molecule has 0 aromatic carbocycles. The van der Waals surface area contributed by atoms with Crippen LogP contribution in [-0.4, -0.2) is 90.7 Å². The normalized spacial score (nSPS) is 12.1.